The van der Waals surface area contributed by atoms with Crippen molar-refractivity contribution in [2.24, 2.45) is 0 Å². The first-order chi connectivity index (χ1) is 13.6. The van der Waals surface area contributed by atoms with Crippen molar-refractivity contribution < 1.29 is 9.53 Å². The molecule has 1 aliphatic carbocycles. The topological polar surface area (TPSA) is 72.8 Å². The number of imidazole rings is 1. The van der Waals surface area contributed by atoms with Gasteiger partial charge in [-0.2, -0.15) is 5.10 Å². The zero-order valence-corrected chi connectivity index (χ0v) is 16.7. The highest BCUT2D eigenvalue weighted by atomic mass is 16.5. The third-order valence-corrected chi connectivity index (χ3v) is 5.36. The molecule has 6 nitrogen and oxygen atoms in total. The lowest BCUT2D eigenvalue weighted by Gasteiger charge is -2.23. The van der Waals surface area contributed by atoms with Gasteiger partial charge in [0, 0.05) is 12.2 Å². The first-order valence-electron chi connectivity index (χ1n) is 9.91. The number of hydrogen-bond donors (Lipinski definition) is 1. The van der Waals surface area contributed by atoms with E-state index in [1.807, 2.05) is 18.3 Å². The van der Waals surface area contributed by atoms with Crippen LogP contribution < -0.4 is 4.74 Å². The van der Waals surface area contributed by atoms with E-state index in [9.17, 15) is 4.79 Å². The van der Waals surface area contributed by atoms with Gasteiger partial charge >= 0.3 is 0 Å². The van der Waals surface area contributed by atoms with Crippen LogP contribution in [0, 0.1) is 0 Å². The fraction of sp³-hybridized carbons (Fsp3) is 0.409. The maximum atomic E-state index is 12.2. The van der Waals surface area contributed by atoms with Gasteiger partial charge < -0.3 is 9.72 Å². The number of aromatic amines is 1. The van der Waals surface area contributed by atoms with Crippen molar-refractivity contribution in [2.75, 3.05) is 6.61 Å². The molecule has 146 valence electrons. The molecule has 0 saturated heterocycles. The Bertz CT molecular complexity index is 1040. The average Bonchev–Trinajstić information content (AvgIpc) is 3.35. The Hall–Kier alpha value is -2.89. The molecule has 4 rings (SSSR count). The lowest BCUT2D eigenvalue weighted by atomic mass is 9.90. The molecule has 0 radical (unpaired) electrons. The number of rotatable bonds is 6. The van der Waals surface area contributed by atoms with Gasteiger partial charge in [-0.25, -0.2) is 4.98 Å². The predicted octanol–water partition coefficient (Wildman–Crippen LogP) is 4.95. The summed E-state index contributed by atoms with van der Waals surface area (Å²) in [7, 11) is 0. The van der Waals surface area contributed by atoms with Crippen molar-refractivity contribution in [1.82, 2.24) is 19.7 Å². The maximum absolute atomic E-state index is 12.2. The van der Waals surface area contributed by atoms with E-state index in [4.69, 9.17) is 4.74 Å². The Morgan fingerprint density at radius 1 is 1.25 bits per heavy atom. The van der Waals surface area contributed by atoms with Crippen molar-refractivity contribution in [3.63, 3.8) is 0 Å². The highest BCUT2D eigenvalue weighted by Crippen LogP contribution is 2.34. The van der Waals surface area contributed by atoms with Gasteiger partial charge in [0.1, 0.15) is 12.4 Å². The first kappa shape index (κ1) is 18.5. The quantitative estimate of drug-likeness (QED) is 0.616. The Morgan fingerprint density at radius 3 is 2.86 bits per heavy atom. The third kappa shape index (κ3) is 3.35. The van der Waals surface area contributed by atoms with Crippen molar-refractivity contribution in [3.8, 4) is 5.75 Å². The number of carbonyl (C=O) groups excluding carboxylic acids is 1. The molecule has 1 aliphatic rings. The number of benzene rings is 1. The van der Waals surface area contributed by atoms with Crippen molar-refractivity contribution >= 4 is 22.4 Å². The van der Waals surface area contributed by atoms with Gasteiger partial charge in [0.05, 0.1) is 28.6 Å². The molecule has 0 unspecified atom stereocenters. The molecule has 1 aromatic carbocycles. The summed E-state index contributed by atoms with van der Waals surface area (Å²) in [6, 6.07) is 6.14. The average molecular weight is 378 g/mol. The summed E-state index contributed by atoms with van der Waals surface area (Å²) in [4.78, 5) is 19.6. The number of nitrogens with one attached hydrogen (secondary N) is 1. The summed E-state index contributed by atoms with van der Waals surface area (Å²) in [5.41, 5.74) is 5.90. The minimum atomic E-state index is -0.0272. The standard InChI is InChI=1S/C22H26N4O2/c1-14(2)26-19(10-11-25-26)17-7-5-4-6-16(17)12-28-20-9-8-18-22(24-13-23-18)21(20)15(3)27/h8-11,13-14H,4-7,12H2,1-3H3,(H,23,24). The lowest BCUT2D eigenvalue weighted by molar-refractivity contribution is 0.101. The van der Waals surface area contributed by atoms with Crippen LogP contribution in [0.5, 0.6) is 5.75 Å². The largest absolute Gasteiger partial charge is 0.488 e. The number of aromatic nitrogens is 4. The van der Waals surface area contributed by atoms with E-state index in [-0.39, 0.29) is 5.78 Å². The molecule has 0 aliphatic heterocycles. The number of carbonyl (C=O) groups is 1. The highest BCUT2D eigenvalue weighted by Gasteiger charge is 2.20. The second kappa shape index (κ2) is 7.62. The third-order valence-electron chi connectivity index (χ3n) is 5.36. The smallest absolute Gasteiger partial charge is 0.165 e. The van der Waals surface area contributed by atoms with Crippen molar-refractivity contribution in [3.05, 3.63) is 47.6 Å². The van der Waals surface area contributed by atoms with Gasteiger partial charge in [0.2, 0.25) is 0 Å². The summed E-state index contributed by atoms with van der Waals surface area (Å²) in [6.07, 6.45) is 7.87. The number of ether oxygens (including phenoxy) is 1. The van der Waals surface area contributed by atoms with Gasteiger partial charge in [0.15, 0.2) is 5.78 Å². The fourth-order valence-electron chi connectivity index (χ4n) is 4.03. The summed E-state index contributed by atoms with van der Waals surface area (Å²) in [6.45, 7) is 6.34. The van der Waals surface area contributed by atoms with Gasteiger partial charge in [-0.1, -0.05) is 0 Å². The molecule has 0 fully saturated rings. The molecule has 3 aromatic rings. The van der Waals surface area contributed by atoms with E-state index < -0.39 is 0 Å². The first-order valence-corrected chi connectivity index (χ1v) is 9.91. The van der Waals surface area contributed by atoms with E-state index in [1.165, 1.54) is 23.3 Å². The lowest BCUT2D eigenvalue weighted by Crippen LogP contribution is -2.13. The second-order valence-electron chi connectivity index (χ2n) is 7.62. The molecule has 2 aromatic heterocycles. The van der Waals surface area contributed by atoms with Crippen LogP contribution in [0.25, 0.3) is 16.6 Å². The zero-order valence-electron chi connectivity index (χ0n) is 16.7. The number of allylic oxidation sites excluding steroid dienone is 1. The van der Waals surface area contributed by atoms with E-state index in [1.54, 1.807) is 13.3 Å². The molecule has 1 N–H and O–H groups in total. The molecule has 0 bridgehead atoms. The number of ketones is 1. The number of hydrogen-bond acceptors (Lipinski definition) is 4. The Labute approximate surface area is 164 Å². The molecule has 0 atom stereocenters. The van der Waals surface area contributed by atoms with Crippen LogP contribution in [0.15, 0.2) is 36.3 Å². The molecule has 2 heterocycles. The highest BCUT2D eigenvalue weighted by molar-refractivity contribution is 6.07. The van der Waals surface area contributed by atoms with E-state index >= 15 is 0 Å². The Balaban J connectivity index is 1.67. The van der Waals surface area contributed by atoms with Crippen LogP contribution in [-0.4, -0.2) is 32.1 Å². The van der Waals surface area contributed by atoms with Gasteiger partial charge in [-0.3, -0.25) is 9.48 Å². The molecular formula is C22H26N4O2. The molecule has 6 heteroatoms. The van der Waals surface area contributed by atoms with E-state index in [0.29, 0.717) is 24.0 Å². The van der Waals surface area contributed by atoms with Crippen LogP contribution in [0.2, 0.25) is 0 Å². The van der Waals surface area contributed by atoms with Crippen LogP contribution in [0.4, 0.5) is 0 Å². The van der Waals surface area contributed by atoms with E-state index in [2.05, 4.69) is 39.7 Å². The number of Topliss-reactive ketones (excluding diaryl/α,β-unsaturated/α-hetero) is 1. The van der Waals surface area contributed by atoms with Crippen molar-refractivity contribution in [1.29, 1.82) is 0 Å². The molecule has 0 amide bonds. The SMILES string of the molecule is CC(=O)c1c(OCC2=C(c3ccnn3C(C)C)CCCC2)ccc2nc[nH]c12. The minimum Gasteiger partial charge on any atom is -0.488 e. The predicted molar refractivity (Wildman–Crippen MR) is 110 cm³/mol. The van der Waals surface area contributed by atoms with E-state index in [0.717, 1.165) is 30.3 Å². The van der Waals surface area contributed by atoms with Crippen LogP contribution in [-0.2, 0) is 0 Å². The van der Waals surface area contributed by atoms with Gasteiger partial charge in [-0.15, -0.1) is 0 Å². The van der Waals surface area contributed by atoms with Gasteiger partial charge in [-0.05, 0) is 75.8 Å². The number of fused-ring (bicyclic) bond motifs is 1. The summed E-state index contributed by atoms with van der Waals surface area (Å²) in [5, 5.41) is 4.50. The Kier molecular flexibility index (Phi) is 5.03. The summed E-state index contributed by atoms with van der Waals surface area (Å²) < 4.78 is 8.27. The summed E-state index contributed by atoms with van der Waals surface area (Å²) >= 11 is 0. The Morgan fingerprint density at radius 2 is 2.07 bits per heavy atom. The van der Waals surface area contributed by atoms with Crippen LogP contribution in [0.3, 0.4) is 0 Å². The summed E-state index contributed by atoms with van der Waals surface area (Å²) in [5.74, 6) is 0.583. The minimum absolute atomic E-state index is 0.0272. The molecule has 0 saturated carbocycles. The normalized spacial score (nSPS) is 14.9. The monoisotopic (exact) mass is 378 g/mol. The number of H-pyrrole nitrogens is 1. The number of nitrogens with zero attached hydrogens (tertiary/aromatic N) is 3. The second-order valence-corrected chi connectivity index (χ2v) is 7.62. The maximum Gasteiger partial charge on any atom is 0.165 e. The van der Waals surface area contributed by atoms with Crippen LogP contribution >= 0.6 is 0 Å². The fourth-order valence-corrected chi connectivity index (χ4v) is 4.03. The van der Waals surface area contributed by atoms with Gasteiger partial charge in [0.25, 0.3) is 0 Å². The van der Waals surface area contributed by atoms with Crippen LogP contribution in [0.1, 0.15) is 68.5 Å². The van der Waals surface area contributed by atoms with Crippen molar-refractivity contribution in [2.45, 2.75) is 52.5 Å². The molecule has 28 heavy (non-hydrogen) atoms. The molecular weight excluding hydrogens is 352 g/mol. The molecule has 0 spiro atoms. The zero-order chi connectivity index (χ0) is 19.7.